The van der Waals surface area contributed by atoms with Crippen LogP contribution in [0.25, 0.3) is 0 Å². The van der Waals surface area contributed by atoms with Gasteiger partial charge < -0.3 is 9.38 Å². The van der Waals surface area contributed by atoms with Crippen LogP contribution < -0.4 is 4.90 Å². The predicted octanol–water partition coefficient (Wildman–Crippen LogP) is 11.0. The third-order valence-corrected chi connectivity index (χ3v) is 11.6. The molecule has 1 aromatic carbocycles. The zero-order valence-corrected chi connectivity index (χ0v) is 28.9. The molecule has 1 aliphatic rings. The van der Waals surface area contributed by atoms with Crippen LogP contribution in [-0.4, -0.2) is 54.9 Å². The highest BCUT2D eigenvalue weighted by Crippen LogP contribution is 2.41. The van der Waals surface area contributed by atoms with Crippen LogP contribution in [0.3, 0.4) is 0 Å². The van der Waals surface area contributed by atoms with Gasteiger partial charge in [-0.05, 0) is 77.4 Å². The molecule has 2 unspecified atom stereocenters. The first kappa shape index (κ1) is 35.3. The summed E-state index contributed by atoms with van der Waals surface area (Å²) in [7, 11) is 0.934. The Bertz CT molecular complexity index is 836. The summed E-state index contributed by atoms with van der Waals surface area (Å²) in [5.74, 6) is 0.489. The topological polar surface area (TPSA) is 15.6 Å². The van der Waals surface area contributed by atoms with Crippen molar-refractivity contribution in [3.63, 3.8) is 0 Å². The molecule has 0 saturated heterocycles. The van der Waals surface area contributed by atoms with E-state index in [1.165, 1.54) is 168 Å². The first-order valence-electron chi connectivity index (χ1n) is 17.4. The molecule has 1 heterocycles. The van der Waals surface area contributed by atoms with Crippen LogP contribution in [-0.2, 0) is 0 Å². The highest BCUT2D eigenvalue weighted by molar-refractivity contribution is 7.40. The van der Waals surface area contributed by atoms with Gasteiger partial charge in [-0.1, -0.05) is 99.0 Å². The number of nitrogens with zero attached hydrogens (tertiary/aromatic N) is 3. The Morgan fingerprint density at radius 1 is 0.675 bits per heavy atom. The molecule has 230 valence electrons. The molecule has 0 spiro atoms. The van der Waals surface area contributed by atoms with Crippen LogP contribution in [0.2, 0.25) is 0 Å². The second-order valence-electron chi connectivity index (χ2n) is 12.7. The maximum atomic E-state index is 5.15. The Balaban J connectivity index is 1.80. The van der Waals surface area contributed by atoms with Crippen molar-refractivity contribution in [1.29, 1.82) is 0 Å². The monoisotopic (exact) mass is 573 g/mol. The van der Waals surface area contributed by atoms with E-state index in [-0.39, 0.29) is 0 Å². The van der Waals surface area contributed by atoms with Crippen molar-refractivity contribution >= 4 is 25.7 Å². The van der Waals surface area contributed by atoms with Crippen LogP contribution in [0.5, 0.6) is 0 Å². The van der Waals surface area contributed by atoms with Crippen LogP contribution in [0.4, 0.5) is 11.4 Å². The molecule has 0 aliphatic carbocycles. The summed E-state index contributed by atoms with van der Waals surface area (Å²) in [6.45, 7) is 22.5. The van der Waals surface area contributed by atoms with E-state index in [0.717, 1.165) is 8.58 Å². The number of rotatable bonds is 23. The summed E-state index contributed by atoms with van der Waals surface area (Å²) in [6.07, 6.45) is 22.5. The fraction of sp³-hybridized carbons (Fsp3) is 0.806. The van der Waals surface area contributed by atoms with Gasteiger partial charge in [0, 0.05) is 18.7 Å². The van der Waals surface area contributed by atoms with E-state index in [4.69, 9.17) is 4.99 Å². The molecule has 3 nitrogen and oxygen atoms in total. The summed E-state index contributed by atoms with van der Waals surface area (Å²) in [5, 5.41) is 0. The van der Waals surface area contributed by atoms with Crippen molar-refractivity contribution in [2.24, 2.45) is 4.99 Å². The normalized spacial score (nSPS) is 15.7. The van der Waals surface area contributed by atoms with Gasteiger partial charge in [-0.15, -0.1) is 0 Å². The molecule has 2 rings (SSSR count). The zero-order chi connectivity index (χ0) is 29.2. The average molecular weight is 573 g/mol. The summed E-state index contributed by atoms with van der Waals surface area (Å²) in [6, 6.07) is 4.75. The van der Waals surface area contributed by atoms with Crippen molar-refractivity contribution in [2.45, 2.75) is 151 Å². The van der Waals surface area contributed by atoms with Crippen molar-refractivity contribution < 1.29 is 4.48 Å². The van der Waals surface area contributed by atoms with E-state index < -0.39 is 0 Å². The van der Waals surface area contributed by atoms with Crippen molar-refractivity contribution in [1.82, 2.24) is 0 Å². The molecule has 0 bridgehead atoms. The number of unbranched alkanes of at least 4 members (excludes halogenated alkanes) is 13. The summed E-state index contributed by atoms with van der Waals surface area (Å²) in [4.78, 5) is 7.91. The van der Waals surface area contributed by atoms with Crippen LogP contribution in [0, 0.1) is 13.8 Å². The molecule has 0 fully saturated rings. The minimum Gasteiger partial charge on any atom is -0.358 e. The van der Waals surface area contributed by atoms with Crippen molar-refractivity contribution in [3.8, 4) is 0 Å². The van der Waals surface area contributed by atoms with Crippen molar-refractivity contribution in [2.75, 3.05) is 43.8 Å². The number of aliphatic imine (C=N–C) groups is 1. The lowest BCUT2D eigenvalue weighted by atomic mass is 10.0. The number of hydrogen-bond acceptors (Lipinski definition) is 2. The Kier molecular flexibility index (Phi) is 17.7. The standard InChI is InChI=1S/C36H67N3P/c1-8-12-13-14-15-16-17-18-19-20-21-22-23-24-26-38-35-30-32(6)31(5)29-34(35)37-33(7)36(38)40-28-25-27-39(9-2,10-3)11-4/h29-30,36,40H,8-28H2,1-7H3/q+1. The lowest BCUT2D eigenvalue weighted by Gasteiger charge is -2.39. The molecular formula is C36H67N3P+. The fourth-order valence-corrected chi connectivity index (χ4v) is 7.99. The maximum Gasteiger partial charge on any atom is 0.0866 e. The smallest absolute Gasteiger partial charge is 0.0866 e. The summed E-state index contributed by atoms with van der Waals surface area (Å²) >= 11 is 0. The van der Waals surface area contributed by atoms with Gasteiger partial charge in [0.25, 0.3) is 0 Å². The van der Waals surface area contributed by atoms with Gasteiger partial charge in [-0.25, -0.2) is 0 Å². The third kappa shape index (κ3) is 11.8. The van der Waals surface area contributed by atoms with E-state index >= 15 is 0 Å². The second-order valence-corrected chi connectivity index (χ2v) is 14.1. The number of benzene rings is 1. The van der Waals surface area contributed by atoms with Gasteiger partial charge in [0.05, 0.1) is 43.3 Å². The zero-order valence-electron chi connectivity index (χ0n) is 27.9. The number of fused-ring (bicyclic) bond motifs is 1. The lowest BCUT2D eigenvalue weighted by molar-refractivity contribution is -0.923. The Labute approximate surface area is 252 Å². The fourth-order valence-electron chi connectivity index (χ4n) is 6.50. The van der Waals surface area contributed by atoms with E-state index in [0.29, 0.717) is 5.78 Å². The minimum atomic E-state index is 0.489. The molecule has 2 atom stereocenters. The number of anilines is 1. The van der Waals surface area contributed by atoms with Gasteiger partial charge in [0.2, 0.25) is 0 Å². The van der Waals surface area contributed by atoms with Gasteiger partial charge in [0.15, 0.2) is 0 Å². The highest BCUT2D eigenvalue weighted by Gasteiger charge is 2.28. The third-order valence-electron chi connectivity index (χ3n) is 9.82. The van der Waals surface area contributed by atoms with Crippen LogP contribution >= 0.6 is 8.58 Å². The Hall–Kier alpha value is -0.920. The molecule has 0 N–H and O–H groups in total. The first-order chi connectivity index (χ1) is 19.4. The van der Waals surface area contributed by atoms with Crippen molar-refractivity contribution in [3.05, 3.63) is 23.3 Å². The molecule has 0 amide bonds. The van der Waals surface area contributed by atoms with E-state index in [2.05, 4.69) is 65.5 Å². The molecular weight excluding hydrogens is 505 g/mol. The van der Waals surface area contributed by atoms with E-state index in [1.54, 1.807) is 0 Å². The number of quaternary nitrogens is 1. The molecule has 0 aromatic heterocycles. The Morgan fingerprint density at radius 2 is 1.18 bits per heavy atom. The van der Waals surface area contributed by atoms with Gasteiger partial charge in [-0.3, -0.25) is 4.99 Å². The molecule has 1 aromatic rings. The molecule has 4 heteroatoms. The molecule has 1 aliphatic heterocycles. The highest BCUT2D eigenvalue weighted by atomic mass is 31.1. The van der Waals surface area contributed by atoms with Gasteiger partial charge >= 0.3 is 0 Å². The molecule has 0 saturated carbocycles. The Morgan fingerprint density at radius 3 is 1.70 bits per heavy atom. The summed E-state index contributed by atoms with van der Waals surface area (Å²) in [5.41, 5.74) is 6.69. The van der Waals surface area contributed by atoms with Crippen LogP contribution in [0.15, 0.2) is 17.1 Å². The predicted molar refractivity (Wildman–Crippen MR) is 185 cm³/mol. The SMILES string of the molecule is CCCCCCCCCCCCCCCCN1c2cc(C)c(C)cc2N=C(C)C1PCCC[N+](CC)(CC)CC. The maximum absolute atomic E-state index is 5.15. The first-order valence-corrected chi connectivity index (χ1v) is 18.7. The van der Waals surface area contributed by atoms with E-state index in [1.807, 2.05) is 0 Å². The van der Waals surface area contributed by atoms with Gasteiger partial charge in [-0.2, -0.15) is 0 Å². The lowest BCUT2D eigenvalue weighted by Crippen LogP contribution is -2.48. The minimum absolute atomic E-state index is 0.489. The quantitative estimate of drug-likeness (QED) is 0.0723. The largest absolute Gasteiger partial charge is 0.358 e. The summed E-state index contributed by atoms with van der Waals surface area (Å²) < 4.78 is 1.27. The average Bonchev–Trinajstić information content (AvgIpc) is 2.95. The van der Waals surface area contributed by atoms with E-state index in [9.17, 15) is 0 Å². The second kappa shape index (κ2) is 20.1. The molecule has 0 radical (unpaired) electrons. The van der Waals surface area contributed by atoms with Gasteiger partial charge in [0.1, 0.15) is 0 Å². The number of aryl methyl sites for hydroxylation is 2. The van der Waals surface area contributed by atoms with Crippen LogP contribution in [0.1, 0.15) is 142 Å². The molecule has 40 heavy (non-hydrogen) atoms. The number of hydrogen-bond donors (Lipinski definition) is 0.